The Morgan fingerprint density at radius 3 is 1.67 bits per heavy atom. The first kappa shape index (κ1) is 14.4. The van der Waals surface area contributed by atoms with E-state index in [1.54, 1.807) is 0 Å². The highest BCUT2D eigenvalue weighted by molar-refractivity contribution is 4.85. The molecule has 0 aromatic heterocycles. The van der Waals surface area contributed by atoms with E-state index in [1.807, 2.05) is 0 Å². The molecule has 0 aliphatic carbocycles. The maximum Gasteiger partial charge on any atom is 0.0262 e. The lowest BCUT2D eigenvalue weighted by atomic mass is 10.0. The maximum absolute atomic E-state index is 5.50. The molecule has 0 saturated heterocycles. The molecule has 0 aromatic carbocycles. The Kier molecular flexibility index (Phi) is 8.28. The van der Waals surface area contributed by atoms with E-state index in [0.29, 0.717) is 0 Å². The minimum atomic E-state index is 0.796. The molecule has 1 heteroatoms. The lowest BCUT2D eigenvalue weighted by Crippen LogP contribution is -2.23. The zero-order chi connectivity index (χ0) is 11.7. The standard InChI is InChI=1S/C14H27N/c1-6-13(4)9-11-15(8-3)12-10-14(5)7-2/h3,13-14H,6-7,9-12H2,1-2,4-5H3. The summed E-state index contributed by atoms with van der Waals surface area (Å²) < 4.78 is 0. The highest BCUT2D eigenvalue weighted by atomic mass is 15.1. The number of nitrogens with zero attached hydrogens (tertiary/aromatic N) is 1. The summed E-state index contributed by atoms with van der Waals surface area (Å²) in [6.07, 6.45) is 10.5. The van der Waals surface area contributed by atoms with Gasteiger partial charge in [-0.1, -0.05) is 47.0 Å². The van der Waals surface area contributed by atoms with E-state index < -0.39 is 0 Å². The molecule has 0 aromatic rings. The molecule has 2 atom stereocenters. The van der Waals surface area contributed by atoms with Crippen molar-refractivity contribution in [3.8, 4) is 12.5 Å². The molecule has 0 bridgehead atoms. The molecule has 0 aliphatic rings. The third kappa shape index (κ3) is 7.31. The maximum atomic E-state index is 5.50. The fraction of sp³-hybridized carbons (Fsp3) is 0.857. The van der Waals surface area contributed by atoms with Gasteiger partial charge >= 0.3 is 0 Å². The Morgan fingerprint density at radius 2 is 1.40 bits per heavy atom. The lowest BCUT2D eigenvalue weighted by molar-refractivity contribution is 0.324. The van der Waals surface area contributed by atoms with Gasteiger partial charge in [-0.05, 0) is 24.7 Å². The van der Waals surface area contributed by atoms with Gasteiger partial charge in [-0.15, -0.1) is 0 Å². The molecule has 0 radical (unpaired) electrons. The first-order valence-corrected chi connectivity index (χ1v) is 6.35. The van der Waals surface area contributed by atoms with Gasteiger partial charge in [0.15, 0.2) is 0 Å². The second-order valence-electron chi connectivity index (χ2n) is 4.72. The Bertz CT molecular complexity index is 166. The minimum Gasteiger partial charge on any atom is -0.333 e. The Hall–Kier alpha value is -0.640. The van der Waals surface area contributed by atoms with Crippen LogP contribution in [0.15, 0.2) is 0 Å². The van der Waals surface area contributed by atoms with Crippen LogP contribution in [-0.4, -0.2) is 18.0 Å². The predicted molar refractivity (Wildman–Crippen MR) is 68.6 cm³/mol. The van der Waals surface area contributed by atoms with Crippen LogP contribution in [0, 0.1) is 24.3 Å². The molecule has 0 heterocycles. The van der Waals surface area contributed by atoms with Crippen molar-refractivity contribution in [3.63, 3.8) is 0 Å². The van der Waals surface area contributed by atoms with Gasteiger partial charge in [0.2, 0.25) is 0 Å². The number of rotatable bonds is 8. The van der Waals surface area contributed by atoms with Crippen LogP contribution in [0.1, 0.15) is 53.4 Å². The summed E-state index contributed by atoms with van der Waals surface area (Å²) in [7, 11) is 0. The molecule has 2 unspecified atom stereocenters. The summed E-state index contributed by atoms with van der Waals surface area (Å²) in [5.74, 6) is 1.59. The topological polar surface area (TPSA) is 3.24 Å². The van der Waals surface area contributed by atoms with Crippen molar-refractivity contribution < 1.29 is 0 Å². The summed E-state index contributed by atoms with van der Waals surface area (Å²) in [4.78, 5) is 2.14. The lowest BCUT2D eigenvalue weighted by Gasteiger charge is -2.20. The van der Waals surface area contributed by atoms with Crippen molar-refractivity contribution in [2.45, 2.75) is 53.4 Å². The monoisotopic (exact) mass is 209 g/mol. The zero-order valence-corrected chi connectivity index (χ0v) is 10.9. The van der Waals surface area contributed by atoms with Crippen molar-refractivity contribution in [1.82, 2.24) is 4.90 Å². The van der Waals surface area contributed by atoms with E-state index in [-0.39, 0.29) is 0 Å². The van der Waals surface area contributed by atoms with E-state index in [0.717, 1.165) is 24.9 Å². The van der Waals surface area contributed by atoms with Crippen LogP contribution in [-0.2, 0) is 0 Å². The van der Waals surface area contributed by atoms with Crippen LogP contribution in [0.5, 0.6) is 0 Å². The van der Waals surface area contributed by atoms with Crippen molar-refractivity contribution in [1.29, 1.82) is 0 Å². The fourth-order valence-electron chi connectivity index (χ4n) is 1.40. The van der Waals surface area contributed by atoms with Gasteiger partial charge in [0.1, 0.15) is 0 Å². The van der Waals surface area contributed by atoms with Gasteiger partial charge < -0.3 is 4.90 Å². The highest BCUT2D eigenvalue weighted by Gasteiger charge is 2.05. The van der Waals surface area contributed by atoms with Crippen molar-refractivity contribution in [3.05, 3.63) is 0 Å². The molecule has 0 saturated carbocycles. The Morgan fingerprint density at radius 1 is 1.00 bits per heavy atom. The van der Waals surface area contributed by atoms with E-state index in [1.165, 1.54) is 25.7 Å². The molecule has 0 N–H and O–H groups in total. The summed E-state index contributed by atoms with van der Waals surface area (Å²) in [5, 5.41) is 0. The summed E-state index contributed by atoms with van der Waals surface area (Å²) >= 11 is 0. The van der Waals surface area contributed by atoms with Gasteiger partial charge in [-0.25, -0.2) is 0 Å². The van der Waals surface area contributed by atoms with Crippen LogP contribution in [0.3, 0.4) is 0 Å². The van der Waals surface area contributed by atoms with Crippen molar-refractivity contribution in [2.75, 3.05) is 13.1 Å². The van der Waals surface area contributed by atoms with Gasteiger partial charge in [-0.3, -0.25) is 0 Å². The van der Waals surface area contributed by atoms with E-state index in [9.17, 15) is 0 Å². The van der Waals surface area contributed by atoms with Crippen LogP contribution >= 0.6 is 0 Å². The molecular formula is C14H27N. The van der Waals surface area contributed by atoms with E-state index in [4.69, 9.17) is 6.42 Å². The minimum absolute atomic E-state index is 0.796. The molecule has 0 aliphatic heterocycles. The fourth-order valence-corrected chi connectivity index (χ4v) is 1.40. The number of terminal acetylenes is 1. The molecule has 0 fully saturated rings. The third-order valence-electron chi connectivity index (χ3n) is 3.36. The van der Waals surface area contributed by atoms with Crippen LogP contribution in [0.2, 0.25) is 0 Å². The van der Waals surface area contributed by atoms with E-state index >= 15 is 0 Å². The van der Waals surface area contributed by atoms with Crippen LogP contribution in [0.4, 0.5) is 0 Å². The summed E-state index contributed by atoms with van der Waals surface area (Å²) in [6.45, 7) is 11.2. The average molecular weight is 209 g/mol. The van der Waals surface area contributed by atoms with Gasteiger partial charge in [0.05, 0.1) is 0 Å². The smallest absolute Gasteiger partial charge is 0.0262 e. The van der Waals surface area contributed by atoms with E-state index in [2.05, 4.69) is 38.6 Å². The normalized spacial score (nSPS) is 14.3. The van der Waals surface area contributed by atoms with Gasteiger partial charge in [0.25, 0.3) is 0 Å². The number of hydrogen-bond acceptors (Lipinski definition) is 1. The molecular weight excluding hydrogens is 182 g/mol. The highest BCUT2D eigenvalue weighted by Crippen LogP contribution is 2.10. The summed E-state index contributed by atoms with van der Waals surface area (Å²) in [5.41, 5.74) is 0. The average Bonchev–Trinajstić information content (AvgIpc) is 2.28. The molecule has 88 valence electrons. The second-order valence-corrected chi connectivity index (χ2v) is 4.72. The van der Waals surface area contributed by atoms with Crippen LogP contribution in [0.25, 0.3) is 0 Å². The predicted octanol–water partition coefficient (Wildman–Crippen LogP) is 3.75. The Labute approximate surface area is 96.2 Å². The Balaban J connectivity index is 3.70. The molecule has 0 rings (SSSR count). The quantitative estimate of drug-likeness (QED) is 0.435. The number of hydrogen-bond donors (Lipinski definition) is 0. The molecule has 0 spiro atoms. The van der Waals surface area contributed by atoms with Gasteiger partial charge in [-0.2, -0.15) is 0 Å². The molecule has 1 nitrogen and oxygen atoms in total. The van der Waals surface area contributed by atoms with Crippen molar-refractivity contribution in [2.24, 2.45) is 11.8 Å². The summed E-state index contributed by atoms with van der Waals surface area (Å²) in [6, 6.07) is 2.79. The van der Waals surface area contributed by atoms with Gasteiger partial charge in [0, 0.05) is 19.1 Å². The second kappa shape index (κ2) is 8.65. The first-order valence-electron chi connectivity index (χ1n) is 6.35. The molecule has 0 amide bonds. The third-order valence-corrected chi connectivity index (χ3v) is 3.36. The zero-order valence-electron chi connectivity index (χ0n) is 10.9. The van der Waals surface area contributed by atoms with Crippen LogP contribution < -0.4 is 0 Å². The first-order chi connectivity index (χ1) is 7.13. The molecule has 15 heavy (non-hydrogen) atoms. The largest absolute Gasteiger partial charge is 0.333 e. The van der Waals surface area contributed by atoms with Crippen molar-refractivity contribution >= 4 is 0 Å². The SMILES string of the molecule is C#CN(CCC(C)CC)CCC(C)CC.